The van der Waals surface area contributed by atoms with Gasteiger partial charge in [-0.05, 0) is 17.7 Å². The van der Waals surface area contributed by atoms with E-state index in [4.69, 9.17) is 9.47 Å². The maximum Gasteiger partial charge on any atom is 0.434 e. The minimum Gasteiger partial charge on any atom is -0.484 e. The number of amides is 1. The number of carbonyl (C=O) groups excluding carboxylic acids is 1. The Morgan fingerprint density at radius 1 is 1.10 bits per heavy atom. The minimum absolute atomic E-state index is 0.0103. The van der Waals surface area contributed by atoms with E-state index in [0.717, 1.165) is 44.5 Å². The molecule has 2 fully saturated rings. The summed E-state index contributed by atoms with van der Waals surface area (Å²) < 4.78 is 49.9. The van der Waals surface area contributed by atoms with E-state index in [1.807, 2.05) is 24.3 Å². The summed E-state index contributed by atoms with van der Waals surface area (Å²) in [5.41, 5.74) is -0.0333. The molecule has 214 valence electrons. The number of ether oxygens (including phenoxy) is 2. The van der Waals surface area contributed by atoms with Gasteiger partial charge in [0.15, 0.2) is 12.3 Å². The smallest absolute Gasteiger partial charge is 0.434 e. The maximum absolute atomic E-state index is 12.9. The molecule has 4 atom stereocenters. The summed E-state index contributed by atoms with van der Waals surface area (Å²) in [7, 11) is 1.55. The van der Waals surface area contributed by atoms with Crippen molar-refractivity contribution in [3.63, 3.8) is 0 Å². The molecular formula is C25H33F3N6O5. The molecule has 0 bridgehead atoms. The van der Waals surface area contributed by atoms with E-state index >= 15 is 0 Å². The predicted octanol–water partition coefficient (Wildman–Crippen LogP) is 0.339. The number of aliphatic hydroxyl groups is 2. The Hall–Kier alpha value is -3.04. The number of anilines is 1. The third-order valence-electron chi connectivity index (χ3n) is 6.77. The first-order chi connectivity index (χ1) is 18.6. The quantitative estimate of drug-likeness (QED) is 0.344. The SMILES string of the molecule is CNC(=O)COc1ccc(CN2CCN(C[C@H]3OC[C@H](Nc4cncc(C(F)(F)F)n4)[C@@H](O)[C@H]3O)CC2)cc1. The summed E-state index contributed by atoms with van der Waals surface area (Å²) in [5, 5.41) is 26.5. The topological polar surface area (TPSA) is 132 Å². The van der Waals surface area contributed by atoms with Crippen molar-refractivity contribution in [2.45, 2.75) is 37.1 Å². The second-order valence-electron chi connectivity index (χ2n) is 9.57. The Bertz CT molecular complexity index is 1080. The van der Waals surface area contributed by atoms with Crippen LogP contribution in [0.5, 0.6) is 5.75 Å². The van der Waals surface area contributed by atoms with Crippen molar-refractivity contribution in [3.8, 4) is 5.75 Å². The molecule has 39 heavy (non-hydrogen) atoms. The average Bonchev–Trinajstić information content (AvgIpc) is 2.93. The van der Waals surface area contributed by atoms with Crippen LogP contribution in [0.15, 0.2) is 36.7 Å². The van der Waals surface area contributed by atoms with Crippen LogP contribution in [0, 0.1) is 0 Å². The summed E-state index contributed by atoms with van der Waals surface area (Å²) >= 11 is 0. The van der Waals surface area contributed by atoms with E-state index in [1.54, 1.807) is 7.05 Å². The van der Waals surface area contributed by atoms with Gasteiger partial charge in [-0.2, -0.15) is 13.2 Å². The van der Waals surface area contributed by atoms with Crippen molar-refractivity contribution in [1.82, 2.24) is 25.1 Å². The van der Waals surface area contributed by atoms with Crippen LogP contribution in [0.3, 0.4) is 0 Å². The highest BCUT2D eigenvalue weighted by molar-refractivity contribution is 5.77. The van der Waals surface area contributed by atoms with Crippen molar-refractivity contribution in [2.24, 2.45) is 0 Å². The fraction of sp³-hybridized carbons (Fsp3) is 0.560. The number of likely N-dealkylation sites (N-methyl/N-ethyl adjacent to an activating group) is 1. The number of carbonyl (C=O) groups is 1. The molecule has 1 aromatic heterocycles. The van der Waals surface area contributed by atoms with Crippen LogP contribution in [0.25, 0.3) is 0 Å². The maximum atomic E-state index is 12.9. The first kappa shape index (κ1) is 29.0. The Labute approximate surface area is 223 Å². The summed E-state index contributed by atoms with van der Waals surface area (Å²) in [5.74, 6) is 0.268. The minimum atomic E-state index is -4.64. The number of rotatable bonds is 9. The lowest BCUT2D eigenvalue weighted by Crippen LogP contribution is -2.59. The van der Waals surface area contributed by atoms with Crippen molar-refractivity contribution >= 4 is 11.7 Å². The Morgan fingerprint density at radius 3 is 2.46 bits per heavy atom. The third-order valence-corrected chi connectivity index (χ3v) is 6.77. The lowest BCUT2D eigenvalue weighted by molar-refractivity contribution is -0.148. The number of halogens is 3. The van der Waals surface area contributed by atoms with Crippen molar-refractivity contribution in [2.75, 3.05) is 58.3 Å². The van der Waals surface area contributed by atoms with Gasteiger partial charge in [0.1, 0.15) is 23.8 Å². The summed E-state index contributed by atoms with van der Waals surface area (Å²) in [6.07, 6.45) is -6.03. The van der Waals surface area contributed by atoms with Crippen LogP contribution < -0.4 is 15.4 Å². The predicted molar refractivity (Wildman–Crippen MR) is 134 cm³/mol. The van der Waals surface area contributed by atoms with Crippen LogP contribution in [-0.4, -0.2) is 113 Å². The average molecular weight is 555 g/mol. The van der Waals surface area contributed by atoms with E-state index in [2.05, 4.69) is 30.4 Å². The zero-order valence-electron chi connectivity index (χ0n) is 21.5. The van der Waals surface area contributed by atoms with Gasteiger partial charge < -0.3 is 30.3 Å². The van der Waals surface area contributed by atoms with Gasteiger partial charge in [-0.3, -0.25) is 19.6 Å². The van der Waals surface area contributed by atoms with E-state index < -0.39 is 36.2 Å². The number of alkyl halides is 3. The van der Waals surface area contributed by atoms with Crippen LogP contribution in [0.1, 0.15) is 11.3 Å². The first-order valence-electron chi connectivity index (χ1n) is 12.6. The fourth-order valence-corrected chi connectivity index (χ4v) is 4.49. The van der Waals surface area contributed by atoms with Crippen LogP contribution >= 0.6 is 0 Å². The molecule has 2 aliphatic rings. The molecule has 14 heteroatoms. The highest BCUT2D eigenvalue weighted by atomic mass is 19.4. The number of hydrogen-bond acceptors (Lipinski definition) is 10. The molecule has 11 nitrogen and oxygen atoms in total. The molecule has 1 aromatic carbocycles. The van der Waals surface area contributed by atoms with Gasteiger partial charge in [0, 0.05) is 46.3 Å². The number of aromatic nitrogens is 2. The molecule has 0 spiro atoms. The molecule has 1 amide bonds. The molecule has 2 aliphatic heterocycles. The van der Waals surface area contributed by atoms with Gasteiger partial charge in [-0.15, -0.1) is 0 Å². The molecule has 0 radical (unpaired) electrons. The van der Waals surface area contributed by atoms with Gasteiger partial charge in [0.25, 0.3) is 5.91 Å². The number of piperazine rings is 1. The number of aliphatic hydroxyl groups excluding tert-OH is 2. The third kappa shape index (κ3) is 7.99. The summed E-state index contributed by atoms with van der Waals surface area (Å²) in [4.78, 5) is 22.8. The second kappa shape index (κ2) is 12.9. The second-order valence-corrected chi connectivity index (χ2v) is 9.57. The molecule has 2 saturated heterocycles. The van der Waals surface area contributed by atoms with Crippen LogP contribution in [0.4, 0.5) is 19.0 Å². The monoisotopic (exact) mass is 554 g/mol. The molecule has 0 saturated carbocycles. The Kier molecular flexibility index (Phi) is 9.56. The fourth-order valence-electron chi connectivity index (χ4n) is 4.49. The van der Waals surface area contributed by atoms with E-state index in [1.165, 1.54) is 0 Å². The molecule has 3 heterocycles. The molecule has 2 aromatic rings. The van der Waals surface area contributed by atoms with Crippen LogP contribution in [-0.2, 0) is 22.3 Å². The Balaban J connectivity index is 1.20. The Morgan fingerprint density at radius 2 is 1.79 bits per heavy atom. The highest BCUT2D eigenvalue weighted by Crippen LogP contribution is 2.28. The number of nitrogens with zero attached hydrogens (tertiary/aromatic N) is 4. The van der Waals surface area contributed by atoms with Gasteiger partial charge in [-0.1, -0.05) is 12.1 Å². The van der Waals surface area contributed by atoms with E-state index in [0.29, 0.717) is 18.5 Å². The molecule has 0 unspecified atom stereocenters. The summed E-state index contributed by atoms with van der Waals surface area (Å²) in [6.45, 7) is 4.24. The molecule has 4 rings (SSSR count). The lowest BCUT2D eigenvalue weighted by atomic mass is 9.97. The first-order valence-corrected chi connectivity index (χ1v) is 12.6. The van der Waals surface area contributed by atoms with E-state index in [-0.39, 0.29) is 24.9 Å². The summed E-state index contributed by atoms with van der Waals surface area (Å²) in [6, 6.07) is 6.77. The zero-order valence-corrected chi connectivity index (χ0v) is 21.5. The van der Waals surface area contributed by atoms with Gasteiger partial charge in [-0.25, -0.2) is 4.98 Å². The number of nitrogens with one attached hydrogen (secondary N) is 2. The normalized spacial score (nSPS) is 24.8. The zero-order chi connectivity index (χ0) is 28.0. The van der Waals surface area contributed by atoms with Crippen molar-refractivity contribution in [1.29, 1.82) is 0 Å². The number of benzene rings is 1. The lowest BCUT2D eigenvalue weighted by Gasteiger charge is -2.42. The van der Waals surface area contributed by atoms with Gasteiger partial charge in [0.2, 0.25) is 0 Å². The standard InChI is InChI=1S/C25H33F3N6O5/c1-29-22(35)15-38-17-4-2-16(3-5-17)12-33-6-8-34(9-7-33)13-19-24(37)23(36)18(14-39-19)31-21-11-30-10-20(32-21)25(26,27)28/h2-5,10-11,18-19,23-24,36-37H,6-9,12-15H2,1H3,(H,29,35)(H,31,32)/t18-,19+,23+,24-/m0/s1. The van der Waals surface area contributed by atoms with Gasteiger partial charge >= 0.3 is 6.18 Å². The van der Waals surface area contributed by atoms with Crippen LogP contribution in [0.2, 0.25) is 0 Å². The van der Waals surface area contributed by atoms with Crippen molar-refractivity contribution < 1.29 is 37.7 Å². The molecular weight excluding hydrogens is 521 g/mol. The number of hydrogen-bond donors (Lipinski definition) is 4. The molecule has 4 N–H and O–H groups in total. The molecule has 0 aliphatic carbocycles. The van der Waals surface area contributed by atoms with Gasteiger partial charge in [0.05, 0.1) is 31.1 Å². The van der Waals surface area contributed by atoms with Crippen molar-refractivity contribution in [3.05, 3.63) is 47.9 Å². The largest absolute Gasteiger partial charge is 0.484 e. The highest BCUT2D eigenvalue weighted by Gasteiger charge is 2.40. The van der Waals surface area contributed by atoms with E-state index in [9.17, 15) is 28.2 Å².